The van der Waals surface area contributed by atoms with Crippen molar-refractivity contribution < 1.29 is 38.4 Å². The maximum atomic E-state index is 13.8. The average Bonchev–Trinajstić information content (AvgIpc) is 2.51. The lowest BCUT2D eigenvalue weighted by molar-refractivity contribution is -0.190. The summed E-state index contributed by atoms with van der Waals surface area (Å²) in [7, 11) is 0. The molecule has 10 heteroatoms. The summed E-state index contributed by atoms with van der Waals surface area (Å²) >= 11 is 0. The van der Waals surface area contributed by atoms with Crippen molar-refractivity contribution in [1.82, 2.24) is 10.2 Å². The van der Waals surface area contributed by atoms with Gasteiger partial charge in [0.2, 0.25) is 12.1 Å². The molecule has 0 aliphatic carbocycles. The fourth-order valence-electron chi connectivity index (χ4n) is 2.02. The highest BCUT2D eigenvalue weighted by Gasteiger charge is 2.62. The third-order valence-corrected chi connectivity index (χ3v) is 2.98. The van der Waals surface area contributed by atoms with E-state index in [0.717, 1.165) is 0 Å². The fourth-order valence-corrected chi connectivity index (χ4v) is 2.02. The lowest BCUT2D eigenvalue weighted by atomic mass is 10.1. The summed E-state index contributed by atoms with van der Waals surface area (Å²) in [5.74, 6) is -4.69. The molecule has 0 radical (unpaired) electrons. The summed E-state index contributed by atoms with van der Waals surface area (Å²) in [6.45, 7) is -0.877. The van der Waals surface area contributed by atoms with Crippen molar-refractivity contribution in [3.8, 4) is 0 Å². The van der Waals surface area contributed by atoms with Crippen LogP contribution in [0.5, 0.6) is 0 Å². The van der Waals surface area contributed by atoms with E-state index >= 15 is 0 Å². The second kappa shape index (κ2) is 4.63. The zero-order valence-corrected chi connectivity index (χ0v) is 9.49. The van der Waals surface area contributed by atoms with E-state index in [2.05, 4.69) is 0 Å². The molecule has 0 aromatic carbocycles. The minimum absolute atomic E-state index is 0.236. The summed E-state index contributed by atoms with van der Waals surface area (Å²) in [5, 5.41) is 29.4. The number of hydrogen-bond donors (Lipinski definition) is 4. The van der Waals surface area contributed by atoms with Crippen LogP contribution < -0.4 is 5.32 Å². The van der Waals surface area contributed by atoms with Gasteiger partial charge in [-0.3, -0.25) is 15.0 Å². The van der Waals surface area contributed by atoms with E-state index in [9.17, 15) is 28.6 Å². The van der Waals surface area contributed by atoms with Crippen LogP contribution in [-0.4, -0.2) is 69.4 Å². The van der Waals surface area contributed by atoms with Crippen molar-refractivity contribution in [3.05, 3.63) is 0 Å². The van der Waals surface area contributed by atoms with E-state index in [1.807, 2.05) is 0 Å². The number of aliphatic hydroxyl groups excluding tert-OH is 3. The third-order valence-electron chi connectivity index (χ3n) is 2.98. The maximum absolute atomic E-state index is 13.8. The normalized spacial score (nSPS) is 38.5. The van der Waals surface area contributed by atoms with Gasteiger partial charge in [-0.2, -0.15) is 8.78 Å². The molecule has 0 aromatic rings. The van der Waals surface area contributed by atoms with Crippen molar-refractivity contribution in [2.45, 2.75) is 37.0 Å². The lowest BCUT2D eigenvalue weighted by Crippen LogP contribution is -2.62. The van der Waals surface area contributed by atoms with Crippen LogP contribution in [0.3, 0.4) is 0 Å². The van der Waals surface area contributed by atoms with Crippen LogP contribution in [0.25, 0.3) is 0 Å². The minimum Gasteiger partial charge on any atom is -0.394 e. The Hall–Kier alpha value is -1.36. The Morgan fingerprint density at radius 1 is 1.42 bits per heavy atom. The zero-order chi connectivity index (χ0) is 14.4. The number of rotatable bonds is 2. The summed E-state index contributed by atoms with van der Waals surface area (Å²) in [6.07, 6.45) is -8.54. The Balaban J connectivity index is 2.26. The Kier molecular flexibility index (Phi) is 3.43. The fraction of sp³-hybridized carbons (Fsp3) is 0.778. The first-order valence-electron chi connectivity index (χ1n) is 5.41. The summed E-state index contributed by atoms with van der Waals surface area (Å²) in [6, 6.07) is -1.25. The number of amides is 3. The molecule has 4 atom stereocenters. The molecule has 0 spiro atoms. The van der Waals surface area contributed by atoms with Gasteiger partial charge in [-0.25, -0.2) is 4.79 Å². The van der Waals surface area contributed by atoms with Crippen LogP contribution in [-0.2, 0) is 9.53 Å². The number of nitrogens with zero attached hydrogens (tertiary/aromatic N) is 1. The van der Waals surface area contributed by atoms with Gasteiger partial charge in [0.1, 0.15) is 12.3 Å². The number of nitrogens with one attached hydrogen (secondary N) is 1. The van der Waals surface area contributed by atoms with Crippen LogP contribution in [0.2, 0.25) is 0 Å². The Morgan fingerprint density at radius 3 is 2.53 bits per heavy atom. The molecule has 0 saturated carbocycles. The molecule has 2 aliphatic heterocycles. The van der Waals surface area contributed by atoms with Gasteiger partial charge in [-0.15, -0.1) is 0 Å². The van der Waals surface area contributed by atoms with Gasteiger partial charge >= 0.3 is 12.0 Å². The molecular formula is C9H12F2N2O6. The van der Waals surface area contributed by atoms with Crippen molar-refractivity contribution in [2.75, 3.05) is 6.61 Å². The van der Waals surface area contributed by atoms with Crippen LogP contribution in [0.15, 0.2) is 0 Å². The molecule has 4 unspecified atom stereocenters. The molecule has 3 amide bonds. The van der Waals surface area contributed by atoms with Gasteiger partial charge in [-0.05, 0) is 0 Å². The molecule has 0 bridgehead atoms. The molecule has 2 heterocycles. The number of aliphatic hydroxyl groups is 3. The van der Waals surface area contributed by atoms with Gasteiger partial charge in [0.25, 0.3) is 0 Å². The standard InChI is InChI=1S/C9H12F2N2O6/c10-9(11)6(17)3(2-14)19-7(9)13-5(16)1-4(15)12-8(13)18/h3,5-7,14,16-17H,1-2H2,(H,12,15,18). The topological polar surface area (TPSA) is 119 Å². The van der Waals surface area contributed by atoms with Crippen LogP contribution in [0.4, 0.5) is 13.6 Å². The molecule has 8 nitrogen and oxygen atoms in total. The molecule has 2 rings (SSSR count). The van der Waals surface area contributed by atoms with Gasteiger partial charge in [-0.1, -0.05) is 0 Å². The van der Waals surface area contributed by atoms with Crippen molar-refractivity contribution in [1.29, 1.82) is 0 Å². The molecule has 0 aromatic heterocycles. The number of imide groups is 1. The van der Waals surface area contributed by atoms with E-state index < -0.39 is 55.6 Å². The Morgan fingerprint density at radius 2 is 2.05 bits per heavy atom. The Labute approximate surface area is 105 Å². The smallest absolute Gasteiger partial charge is 0.328 e. The first-order chi connectivity index (χ1) is 8.78. The van der Waals surface area contributed by atoms with E-state index in [-0.39, 0.29) is 4.90 Å². The highest BCUT2D eigenvalue weighted by Crippen LogP contribution is 2.39. The van der Waals surface area contributed by atoms with Gasteiger partial charge < -0.3 is 20.1 Å². The van der Waals surface area contributed by atoms with Crippen molar-refractivity contribution in [2.24, 2.45) is 0 Å². The maximum Gasteiger partial charge on any atom is 0.328 e. The molecule has 2 aliphatic rings. The second-order valence-electron chi connectivity index (χ2n) is 4.27. The van der Waals surface area contributed by atoms with E-state index in [0.29, 0.717) is 0 Å². The van der Waals surface area contributed by atoms with Gasteiger partial charge in [0.05, 0.1) is 13.0 Å². The first-order valence-corrected chi connectivity index (χ1v) is 5.41. The number of carbonyl (C=O) groups excluding carboxylic acids is 2. The van der Waals surface area contributed by atoms with E-state index in [4.69, 9.17) is 9.84 Å². The lowest BCUT2D eigenvalue weighted by Gasteiger charge is -2.37. The number of halogens is 2. The summed E-state index contributed by atoms with van der Waals surface area (Å²) in [4.78, 5) is 22.7. The van der Waals surface area contributed by atoms with E-state index in [1.54, 1.807) is 5.32 Å². The zero-order valence-electron chi connectivity index (χ0n) is 9.49. The first kappa shape index (κ1) is 14.1. The van der Waals surface area contributed by atoms with Crippen molar-refractivity contribution >= 4 is 11.9 Å². The van der Waals surface area contributed by atoms with E-state index in [1.165, 1.54) is 0 Å². The molecular weight excluding hydrogens is 270 g/mol. The number of urea groups is 1. The molecule has 108 valence electrons. The third kappa shape index (κ3) is 2.16. The average molecular weight is 282 g/mol. The predicted molar refractivity (Wildman–Crippen MR) is 52.7 cm³/mol. The van der Waals surface area contributed by atoms with Crippen LogP contribution in [0, 0.1) is 0 Å². The number of ether oxygens (including phenoxy) is 1. The monoisotopic (exact) mass is 282 g/mol. The SMILES string of the molecule is O=C1CC(O)N(C2OC(CO)C(O)C2(F)F)C(=O)N1. The highest BCUT2D eigenvalue weighted by atomic mass is 19.3. The molecule has 2 fully saturated rings. The van der Waals surface area contributed by atoms with Gasteiger partial charge in [0.15, 0.2) is 6.10 Å². The number of alkyl halides is 2. The Bertz CT molecular complexity index is 406. The quantitative estimate of drug-likeness (QED) is 0.463. The largest absolute Gasteiger partial charge is 0.394 e. The van der Waals surface area contributed by atoms with Crippen LogP contribution in [0.1, 0.15) is 6.42 Å². The molecule has 2 saturated heterocycles. The van der Waals surface area contributed by atoms with Gasteiger partial charge in [0, 0.05) is 0 Å². The number of hydrogen-bond acceptors (Lipinski definition) is 6. The molecule has 4 N–H and O–H groups in total. The second-order valence-corrected chi connectivity index (χ2v) is 4.27. The summed E-state index contributed by atoms with van der Waals surface area (Å²) in [5.41, 5.74) is 0. The minimum atomic E-state index is -3.88. The molecule has 19 heavy (non-hydrogen) atoms. The predicted octanol–water partition coefficient (Wildman–Crippen LogP) is -2.04. The highest BCUT2D eigenvalue weighted by molar-refractivity contribution is 5.97. The number of carbonyl (C=O) groups is 2. The van der Waals surface area contributed by atoms with Crippen LogP contribution >= 0.6 is 0 Å². The van der Waals surface area contributed by atoms with Crippen molar-refractivity contribution in [3.63, 3.8) is 0 Å². The summed E-state index contributed by atoms with van der Waals surface area (Å²) < 4.78 is 32.2.